The smallest absolute Gasteiger partial charge is 0.190 e. The molecule has 1 aromatic carbocycles. The summed E-state index contributed by atoms with van der Waals surface area (Å²) in [6.45, 7) is 2.13. The first-order chi connectivity index (χ1) is 7.19. The molecular formula is C10H12F2N2O. The van der Waals surface area contributed by atoms with Crippen LogP contribution in [-0.2, 0) is 0 Å². The second-order valence-corrected chi connectivity index (χ2v) is 2.94. The first-order valence-corrected chi connectivity index (χ1v) is 4.54. The van der Waals surface area contributed by atoms with Crippen LogP contribution >= 0.6 is 0 Å². The van der Waals surface area contributed by atoms with E-state index in [4.69, 9.17) is 10.6 Å². The van der Waals surface area contributed by atoms with Crippen molar-refractivity contribution in [1.29, 1.82) is 0 Å². The van der Waals surface area contributed by atoms with Gasteiger partial charge in [-0.15, -0.1) is 0 Å². The summed E-state index contributed by atoms with van der Waals surface area (Å²) in [5.41, 5.74) is 0.261. The number of benzene rings is 1. The standard InChI is InChI=1S/C10H12F2N2O/c1-2-3-15-10-8(11)4-7(6-14-13)5-9(10)12/h4-6H,2-3,13H2,1H3. The maximum absolute atomic E-state index is 13.3. The number of ether oxygens (including phenoxy) is 1. The number of hydrogen-bond acceptors (Lipinski definition) is 3. The van der Waals surface area contributed by atoms with Crippen molar-refractivity contribution >= 4 is 6.21 Å². The number of hydrogen-bond donors (Lipinski definition) is 1. The highest BCUT2D eigenvalue weighted by Gasteiger charge is 2.11. The van der Waals surface area contributed by atoms with E-state index in [9.17, 15) is 8.78 Å². The lowest BCUT2D eigenvalue weighted by Crippen LogP contribution is -2.01. The fraction of sp³-hybridized carbons (Fsp3) is 0.300. The molecule has 0 spiro atoms. The van der Waals surface area contributed by atoms with E-state index in [2.05, 4.69) is 5.10 Å². The average Bonchev–Trinajstić information content (AvgIpc) is 2.17. The summed E-state index contributed by atoms with van der Waals surface area (Å²) in [4.78, 5) is 0. The minimum atomic E-state index is -0.752. The van der Waals surface area contributed by atoms with Gasteiger partial charge in [-0.2, -0.15) is 5.10 Å². The number of rotatable bonds is 4. The molecule has 0 bridgehead atoms. The number of nitrogens with zero attached hydrogens (tertiary/aromatic N) is 1. The maximum atomic E-state index is 13.3. The van der Waals surface area contributed by atoms with Gasteiger partial charge in [-0.05, 0) is 18.6 Å². The Balaban J connectivity index is 2.98. The van der Waals surface area contributed by atoms with Crippen molar-refractivity contribution in [3.63, 3.8) is 0 Å². The fourth-order valence-corrected chi connectivity index (χ4v) is 1.08. The van der Waals surface area contributed by atoms with Gasteiger partial charge in [-0.1, -0.05) is 6.92 Å². The summed E-state index contributed by atoms with van der Waals surface area (Å²) in [6, 6.07) is 2.23. The topological polar surface area (TPSA) is 47.6 Å². The number of nitrogens with two attached hydrogens (primary N) is 1. The maximum Gasteiger partial charge on any atom is 0.190 e. The Kier molecular flexibility index (Phi) is 4.03. The van der Waals surface area contributed by atoms with Crippen molar-refractivity contribution in [3.8, 4) is 5.75 Å². The van der Waals surface area contributed by atoms with E-state index < -0.39 is 11.6 Å². The third-order valence-electron chi connectivity index (χ3n) is 1.69. The SMILES string of the molecule is CCCOc1c(F)cc(C=NN)cc1F. The van der Waals surface area contributed by atoms with Gasteiger partial charge in [-0.3, -0.25) is 0 Å². The van der Waals surface area contributed by atoms with Crippen LogP contribution in [0, 0.1) is 11.6 Å². The van der Waals surface area contributed by atoms with Gasteiger partial charge >= 0.3 is 0 Å². The summed E-state index contributed by atoms with van der Waals surface area (Å²) >= 11 is 0. The minimum Gasteiger partial charge on any atom is -0.488 e. The summed E-state index contributed by atoms with van der Waals surface area (Å²) in [7, 11) is 0. The molecule has 82 valence electrons. The van der Waals surface area contributed by atoms with E-state index in [0.29, 0.717) is 6.42 Å². The zero-order valence-corrected chi connectivity index (χ0v) is 8.34. The number of halogens is 2. The van der Waals surface area contributed by atoms with Gasteiger partial charge in [0, 0.05) is 5.56 Å². The van der Waals surface area contributed by atoms with Crippen LogP contribution in [0.3, 0.4) is 0 Å². The van der Waals surface area contributed by atoms with Crippen LogP contribution in [0.4, 0.5) is 8.78 Å². The van der Waals surface area contributed by atoms with Crippen LogP contribution in [0.25, 0.3) is 0 Å². The van der Waals surface area contributed by atoms with Gasteiger partial charge in [0.2, 0.25) is 0 Å². The zero-order chi connectivity index (χ0) is 11.3. The van der Waals surface area contributed by atoms with Crippen molar-refractivity contribution in [3.05, 3.63) is 29.3 Å². The van der Waals surface area contributed by atoms with Crippen molar-refractivity contribution in [1.82, 2.24) is 0 Å². The lowest BCUT2D eigenvalue weighted by Gasteiger charge is -2.07. The van der Waals surface area contributed by atoms with E-state index in [1.165, 1.54) is 0 Å². The largest absolute Gasteiger partial charge is 0.488 e. The van der Waals surface area contributed by atoms with Crippen LogP contribution in [0.5, 0.6) is 5.75 Å². The molecule has 1 aromatic rings. The van der Waals surface area contributed by atoms with Gasteiger partial charge in [0.25, 0.3) is 0 Å². The molecule has 0 unspecified atom stereocenters. The van der Waals surface area contributed by atoms with E-state index in [-0.39, 0.29) is 17.9 Å². The molecule has 0 aliphatic rings. The van der Waals surface area contributed by atoms with Gasteiger partial charge in [0.15, 0.2) is 17.4 Å². The fourth-order valence-electron chi connectivity index (χ4n) is 1.08. The molecule has 0 fully saturated rings. The number of hydrazone groups is 1. The third-order valence-corrected chi connectivity index (χ3v) is 1.69. The van der Waals surface area contributed by atoms with Crippen molar-refractivity contribution in [2.45, 2.75) is 13.3 Å². The van der Waals surface area contributed by atoms with Crippen molar-refractivity contribution < 1.29 is 13.5 Å². The van der Waals surface area contributed by atoms with E-state index >= 15 is 0 Å². The molecule has 0 aliphatic carbocycles. The minimum absolute atomic E-state index is 0.261. The predicted molar refractivity (Wildman–Crippen MR) is 53.9 cm³/mol. The Morgan fingerprint density at radius 1 is 1.40 bits per heavy atom. The van der Waals surface area contributed by atoms with Crippen molar-refractivity contribution in [2.75, 3.05) is 6.61 Å². The summed E-state index contributed by atoms with van der Waals surface area (Å²) < 4.78 is 31.5. The van der Waals surface area contributed by atoms with E-state index in [0.717, 1.165) is 18.3 Å². The summed E-state index contributed by atoms with van der Waals surface area (Å²) in [5.74, 6) is 3.01. The molecule has 5 heteroatoms. The van der Waals surface area contributed by atoms with Crippen LogP contribution in [0.1, 0.15) is 18.9 Å². The molecule has 0 saturated heterocycles. The Hall–Kier alpha value is -1.65. The molecule has 3 nitrogen and oxygen atoms in total. The summed E-state index contributed by atoms with van der Waals surface area (Å²) in [6.07, 6.45) is 1.85. The monoisotopic (exact) mass is 214 g/mol. The predicted octanol–water partition coefficient (Wildman–Crippen LogP) is 2.05. The normalized spacial score (nSPS) is 10.9. The molecule has 15 heavy (non-hydrogen) atoms. The van der Waals surface area contributed by atoms with E-state index in [1.54, 1.807) is 0 Å². The van der Waals surface area contributed by atoms with Crippen LogP contribution in [0.2, 0.25) is 0 Å². The Bertz CT molecular complexity index is 343. The quantitative estimate of drug-likeness (QED) is 0.473. The van der Waals surface area contributed by atoms with Gasteiger partial charge < -0.3 is 10.6 Å². The van der Waals surface area contributed by atoms with E-state index in [1.807, 2.05) is 6.92 Å². The molecule has 1 rings (SSSR count). The molecule has 0 aliphatic heterocycles. The highest BCUT2D eigenvalue weighted by Crippen LogP contribution is 2.22. The van der Waals surface area contributed by atoms with Gasteiger partial charge in [-0.25, -0.2) is 8.78 Å². The van der Waals surface area contributed by atoms with Crippen LogP contribution < -0.4 is 10.6 Å². The Morgan fingerprint density at radius 3 is 2.47 bits per heavy atom. The average molecular weight is 214 g/mol. The Labute approximate surface area is 86.5 Å². The third kappa shape index (κ3) is 2.90. The highest BCUT2D eigenvalue weighted by atomic mass is 19.1. The molecule has 2 N–H and O–H groups in total. The van der Waals surface area contributed by atoms with Crippen LogP contribution in [-0.4, -0.2) is 12.8 Å². The van der Waals surface area contributed by atoms with Crippen molar-refractivity contribution in [2.24, 2.45) is 10.9 Å². The molecule has 0 saturated carbocycles. The molecule has 0 amide bonds. The van der Waals surface area contributed by atoms with Gasteiger partial charge in [0.05, 0.1) is 12.8 Å². The summed E-state index contributed by atoms with van der Waals surface area (Å²) in [5, 5.41) is 3.18. The lowest BCUT2D eigenvalue weighted by atomic mass is 10.2. The first-order valence-electron chi connectivity index (χ1n) is 4.54. The molecule has 0 atom stereocenters. The second-order valence-electron chi connectivity index (χ2n) is 2.94. The second kappa shape index (κ2) is 5.29. The first kappa shape index (κ1) is 11.4. The Morgan fingerprint density at radius 2 is 2.00 bits per heavy atom. The molecule has 0 heterocycles. The highest BCUT2D eigenvalue weighted by molar-refractivity contribution is 5.79. The molecule has 0 aromatic heterocycles. The molecule has 0 radical (unpaired) electrons. The van der Waals surface area contributed by atoms with Gasteiger partial charge in [0.1, 0.15) is 0 Å². The van der Waals surface area contributed by atoms with Crippen LogP contribution in [0.15, 0.2) is 17.2 Å². The zero-order valence-electron chi connectivity index (χ0n) is 8.34. The molecular weight excluding hydrogens is 202 g/mol. The lowest BCUT2D eigenvalue weighted by molar-refractivity contribution is 0.285.